The van der Waals surface area contributed by atoms with Gasteiger partial charge in [-0.05, 0) is 140 Å². The number of furan rings is 1. The van der Waals surface area contributed by atoms with Gasteiger partial charge in [0.05, 0.1) is 5.69 Å². The van der Waals surface area contributed by atoms with E-state index in [1.54, 1.807) is 0 Å². The van der Waals surface area contributed by atoms with Crippen molar-refractivity contribution in [2.45, 2.75) is 58.3 Å². The third-order valence-corrected chi connectivity index (χ3v) is 15.4. The van der Waals surface area contributed by atoms with Gasteiger partial charge >= 0.3 is 6.85 Å². The first-order chi connectivity index (χ1) is 32.6. The number of rotatable bonds is 5. The van der Waals surface area contributed by atoms with Gasteiger partial charge in [-0.1, -0.05) is 179 Å². The first kappa shape index (κ1) is 39.8. The number of anilines is 5. The first-order valence-electron chi connectivity index (χ1n) is 23.9. The van der Waals surface area contributed by atoms with Crippen LogP contribution in [0.3, 0.4) is 0 Å². The van der Waals surface area contributed by atoms with Gasteiger partial charge in [-0.25, -0.2) is 0 Å². The predicted molar refractivity (Wildman–Crippen MR) is 284 cm³/mol. The highest BCUT2D eigenvalue weighted by Gasteiger charge is 2.48. The average Bonchev–Trinajstić information content (AvgIpc) is 3.74. The first-order valence-corrected chi connectivity index (χ1v) is 23.9. The maximum atomic E-state index is 7.23. The Labute approximate surface area is 394 Å². The summed E-state index contributed by atoms with van der Waals surface area (Å²) in [7, 11) is 0. The molecule has 3 aliphatic rings. The van der Waals surface area contributed by atoms with Crippen LogP contribution in [0.4, 0.5) is 28.4 Å². The van der Waals surface area contributed by atoms with Crippen LogP contribution >= 0.6 is 0 Å². The van der Waals surface area contributed by atoms with Crippen LogP contribution in [0.15, 0.2) is 199 Å². The van der Waals surface area contributed by atoms with E-state index in [4.69, 9.17) is 4.42 Å². The Hall–Kier alpha value is -7.56. The minimum atomic E-state index is -0.213. The molecule has 1 aromatic heterocycles. The zero-order valence-corrected chi connectivity index (χ0v) is 38.8. The minimum Gasteiger partial charge on any atom is -0.454 e. The number of para-hydroxylation sites is 1. The van der Waals surface area contributed by atoms with Crippen LogP contribution in [0.5, 0.6) is 0 Å². The maximum absolute atomic E-state index is 7.23. The smallest absolute Gasteiger partial charge is 0.333 e. The molecule has 1 aliphatic carbocycles. The third-order valence-electron chi connectivity index (χ3n) is 15.4. The van der Waals surface area contributed by atoms with Crippen LogP contribution < -0.4 is 20.6 Å². The average molecular weight is 863 g/mol. The van der Waals surface area contributed by atoms with Gasteiger partial charge in [-0.3, -0.25) is 0 Å². The van der Waals surface area contributed by atoms with Gasteiger partial charge in [0.1, 0.15) is 5.58 Å². The summed E-state index contributed by atoms with van der Waals surface area (Å²) >= 11 is 0. The van der Waals surface area contributed by atoms with Crippen molar-refractivity contribution in [2.75, 3.05) is 9.71 Å². The predicted octanol–water partition coefficient (Wildman–Crippen LogP) is 16.0. The fourth-order valence-electron chi connectivity index (χ4n) is 11.8. The van der Waals surface area contributed by atoms with Crippen molar-refractivity contribution in [2.24, 2.45) is 0 Å². The molecule has 4 heteroatoms. The molecule has 3 heterocycles. The molecule has 10 aromatic rings. The molecule has 0 radical (unpaired) electrons. The van der Waals surface area contributed by atoms with Gasteiger partial charge < -0.3 is 14.1 Å². The molecule has 0 amide bonds. The second-order valence-corrected chi connectivity index (χ2v) is 20.4. The minimum absolute atomic E-state index is 0.0202. The molecule has 0 fully saturated rings. The molecule has 3 nitrogen and oxygen atoms in total. The summed E-state index contributed by atoms with van der Waals surface area (Å²) in [5.74, 6) is 0. The van der Waals surface area contributed by atoms with Gasteiger partial charge in [0.25, 0.3) is 0 Å². The van der Waals surface area contributed by atoms with E-state index in [0.29, 0.717) is 0 Å². The van der Waals surface area contributed by atoms with E-state index >= 15 is 0 Å². The van der Waals surface area contributed by atoms with Crippen molar-refractivity contribution in [3.8, 4) is 44.5 Å². The van der Waals surface area contributed by atoms with Crippen LogP contribution in [0.1, 0.15) is 57.2 Å². The summed E-state index contributed by atoms with van der Waals surface area (Å²) < 4.78 is 7.23. The summed E-state index contributed by atoms with van der Waals surface area (Å²) in [5, 5.41) is 2.26. The van der Waals surface area contributed by atoms with E-state index in [1.165, 1.54) is 95.6 Å². The molecule has 67 heavy (non-hydrogen) atoms. The molecule has 0 spiro atoms. The lowest BCUT2D eigenvalue weighted by Crippen LogP contribution is -2.61. The fourth-order valence-corrected chi connectivity index (χ4v) is 11.8. The summed E-state index contributed by atoms with van der Waals surface area (Å²) in [4.78, 5) is 5.24. The van der Waals surface area contributed by atoms with Crippen LogP contribution in [0, 0.1) is 6.92 Å². The highest BCUT2D eigenvalue weighted by molar-refractivity contribution is 6.94. The molecule has 13 rings (SSSR count). The van der Waals surface area contributed by atoms with Crippen molar-refractivity contribution in [1.29, 1.82) is 0 Å². The van der Waals surface area contributed by atoms with E-state index in [2.05, 4.69) is 238 Å². The second-order valence-electron chi connectivity index (χ2n) is 20.4. The van der Waals surface area contributed by atoms with Crippen molar-refractivity contribution in [1.82, 2.24) is 0 Å². The van der Waals surface area contributed by atoms with E-state index in [-0.39, 0.29) is 17.7 Å². The molecule has 2 aliphatic heterocycles. The highest BCUT2D eigenvalue weighted by atomic mass is 16.3. The van der Waals surface area contributed by atoms with Gasteiger partial charge in [0, 0.05) is 39.1 Å². The lowest BCUT2D eigenvalue weighted by atomic mass is 9.43. The number of benzene rings is 9. The Kier molecular flexibility index (Phi) is 8.74. The Morgan fingerprint density at radius 1 is 0.463 bits per heavy atom. The number of fused-ring (bicyclic) bond motifs is 9. The van der Waals surface area contributed by atoms with Crippen molar-refractivity contribution < 1.29 is 4.42 Å². The Balaban J connectivity index is 1.18. The number of nitrogens with zero attached hydrogens (tertiary/aromatic N) is 2. The van der Waals surface area contributed by atoms with E-state index < -0.39 is 0 Å². The summed E-state index contributed by atoms with van der Waals surface area (Å²) in [5.41, 5.74) is 24.0. The Morgan fingerprint density at radius 2 is 1.04 bits per heavy atom. The molecular weight excluding hydrogens is 812 g/mol. The molecule has 0 bridgehead atoms. The largest absolute Gasteiger partial charge is 0.454 e. The Morgan fingerprint density at radius 3 is 1.73 bits per heavy atom. The van der Waals surface area contributed by atoms with Crippen LogP contribution in [0.2, 0.25) is 0 Å². The number of hydrogen-bond donors (Lipinski definition) is 0. The standard InChI is InChI=1S/C63H51BN2O/c1-40-34-52-53(63(4,5)33-32-62(52,2)3)39-56(40)65-55-31-29-45(42-20-11-7-12-21-42)36-54(55)64-59-50(38-51-49-26-15-16-27-58(49)67-61(51)60(59)65)48-30-28-46(43-22-13-8-14-23-43)37-57(48)66(64)47-25-17-24-44(35-47)41-18-9-6-10-19-41/h6-31,34-39H,32-33H2,1-5H3. The van der Waals surface area contributed by atoms with E-state index in [1.807, 2.05) is 0 Å². The third kappa shape index (κ3) is 6.12. The van der Waals surface area contributed by atoms with Crippen LogP contribution in [-0.2, 0) is 10.8 Å². The fraction of sp³-hybridized carbons (Fsp3) is 0.143. The van der Waals surface area contributed by atoms with E-state index in [9.17, 15) is 0 Å². The van der Waals surface area contributed by atoms with Gasteiger partial charge in [0.2, 0.25) is 0 Å². The second kappa shape index (κ2) is 14.7. The molecule has 0 saturated carbocycles. The van der Waals surface area contributed by atoms with Gasteiger partial charge in [-0.15, -0.1) is 0 Å². The summed E-state index contributed by atoms with van der Waals surface area (Å²) in [6.07, 6.45) is 2.31. The monoisotopic (exact) mass is 862 g/mol. The molecule has 322 valence electrons. The van der Waals surface area contributed by atoms with Crippen molar-refractivity contribution in [3.05, 3.63) is 211 Å². The number of hydrogen-bond acceptors (Lipinski definition) is 3. The lowest BCUT2D eigenvalue weighted by Gasteiger charge is -2.47. The molecule has 9 aromatic carbocycles. The Bertz CT molecular complexity index is 3610. The van der Waals surface area contributed by atoms with Crippen LogP contribution in [0.25, 0.3) is 66.4 Å². The zero-order valence-electron chi connectivity index (χ0n) is 38.8. The summed E-state index contributed by atoms with van der Waals surface area (Å²) in [6, 6.07) is 72.1. The molecule has 0 N–H and O–H groups in total. The SMILES string of the molecule is Cc1cc2c(cc1N1c3ccc(-c4ccccc4)cc3B3c4c(cc5c(oc6ccccc65)c41)-c1ccc(-c4ccccc4)cc1N3c1cccc(-c3ccccc3)c1)C(C)(C)CCC2(C)C. The normalized spacial score (nSPS) is 15.3. The van der Waals surface area contributed by atoms with Crippen molar-refractivity contribution in [3.63, 3.8) is 0 Å². The van der Waals surface area contributed by atoms with Gasteiger partial charge in [-0.2, -0.15) is 0 Å². The zero-order chi connectivity index (χ0) is 45.2. The molecule has 0 unspecified atom stereocenters. The lowest BCUT2D eigenvalue weighted by molar-refractivity contribution is 0.332. The maximum Gasteiger partial charge on any atom is 0.333 e. The quantitative estimate of drug-likeness (QED) is 0.161. The van der Waals surface area contributed by atoms with Crippen LogP contribution in [-0.4, -0.2) is 6.85 Å². The van der Waals surface area contributed by atoms with E-state index in [0.717, 1.165) is 39.7 Å². The topological polar surface area (TPSA) is 19.6 Å². The molecule has 0 saturated heterocycles. The van der Waals surface area contributed by atoms with Gasteiger partial charge in [0.15, 0.2) is 5.58 Å². The molecular formula is C63H51BN2O. The molecule has 0 atom stereocenters. The summed E-state index contributed by atoms with van der Waals surface area (Å²) in [6.45, 7) is 11.9. The highest BCUT2D eigenvalue weighted by Crippen LogP contribution is 2.54. The van der Waals surface area contributed by atoms with Crippen molar-refractivity contribution >= 4 is 68.1 Å². The number of aryl methyl sites for hydroxylation is 1.